The van der Waals surface area contributed by atoms with Gasteiger partial charge in [-0.1, -0.05) is 12.2 Å². The van der Waals surface area contributed by atoms with Crippen molar-refractivity contribution in [2.24, 2.45) is 5.92 Å². The van der Waals surface area contributed by atoms with Crippen LogP contribution in [0.25, 0.3) is 10.9 Å². The Labute approximate surface area is 114 Å². The zero-order chi connectivity index (χ0) is 14.5. The summed E-state index contributed by atoms with van der Waals surface area (Å²) in [5.41, 5.74) is 2.41. The average Bonchev–Trinajstić information content (AvgIpc) is 3.06. The van der Waals surface area contributed by atoms with Gasteiger partial charge in [0.2, 0.25) is 0 Å². The molecule has 0 spiro atoms. The Morgan fingerprint density at radius 1 is 1.45 bits per heavy atom. The second kappa shape index (κ2) is 4.33. The lowest BCUT2D eigenvalue weighted by Gasteiger charge is -2.08. The molecule has 1 aliphatic rings. The monoisotopic (exact) mass is 281 g/mol. The maximum Gasteiger partial charge on any atom is 0.408 e. The lowest BCUT2D eigenvalue weighted by Crippen LogP contribution is -2.18. The van der Waals surface area contributed by atoms with Crippen LogP contribution in [0.5, 0.6) is 0 Å². The topological polar surface area (TPSA) is 30.7 Å². The van der Waals surface area contributed by atoms with Crippen LogP contribution in [0.1, 0.15) is 25.0 Å². The third-order valence-corrected chi connectivity index (χ3v) is 3.68. The molecule has 106 valence electrons. The van der Waals surface area contributed by atoms with Crippen molar-refractivity contribution in [1.82, 2.24) is 14.8 Å². The number of aromatic nitrogens is 3. The molecule has 1 aliphatic carbocycles. The quantitative estimate of drug-likeness (QED) is 0.804. The van der Waals surface area contributed by atoms with Crippen molar-refractivity contribution in [2.45, 2.75) is 32.0 Å². The van der Waals surface area contributed by atoms with Gasteiger partial charge in [0.1, 0.15) is 6.54 Å². The Hall–Kier alpha value is -1.85. The van der Waals surface area contributed by atoms with E-state index in [0.29, 0.717) is 16.8 Å². The number of hydrogen-bond donors (Lipinski definition) is 0. The van der Waals surface area contributed by atoms with Gasteiger partial charge in [0, 0.05) is 23.2 Å². The van der Waals surface area contributed by atoms with Crippen molar-refractivity contribution < 1.29 is 13.2 Å². The Morgan fingerprint density at radius 2 is 2.20 bits per heavy atom. The molecule has 3 nitrogen and oxygen atoms in total. The SMILES string of the molecule is C=C(C)[C@H]1C[C@@H]1c1cc2c(cn1)cnn2CC(F)(F)F. The Kier molecular flexibility index (Phi) is 2.84. The highest BCUT2D eigenvalue weighted by molar-refractivity contribution is 5.78. The second-order valence-corrected chi connectivity index (χ2v) is 5.38. The number of allylic oxidation sites excluding steroid dienone is 1. The number of nitrogens with zero attached hydrogens (tertiary/aromatic N) is 3. The molecule has 2 heterocycles. The summed E-state index contributed by atoms with van der Waals surface area (Å²) in [5.74, 6) is 0.685. The van der Waals surface area contributed by atoms with Crippen LogP contribution in [0.15, 0.2) is 30.6 Å². The van der Waals surface area contributed by atoms with Crippen LogP contribution in [0.3, 0.4) is 0 Å². The van der Waals surface area contributed by atoms with Crippen molar-refractivity contribution in [1.29, 1.82) is 0 Å². The first-order valence-corrected chi connectivity index (χ1v) is 6.39. The van der Waals surface area contributed by atoms with Crippen LogP contribution in [0.2, 0.25) is 0 Å². The van der Waals surface area contributed by atoms with E-state index in [-0.39, 0.29) is 5.92 Å². The maximum atomic E-state index is 12.5. The molecule has 0 saturated heterocycles. The molecule has 0 N–H and O–H groups in total. The molecule has 1 fully saturated rings. The molecule has 0 bridgehead atoms. The van der Waals surface area contributed by atoms with E-state index in [4.69, 9.17) is 0 Å². The van der Waals surface area contributed by atoms with E-state index in [9.17, 15) is 13.2 Å². The van der Waals surface area contributed by atoms with E-state index in [2.05, 4.69) is 16.7 Å². The van der Waals surface area contributed by atoms with Gasteiger partial charge in [-0.2, -0.15) is 18.3 Å². The molecule has 0 aliphatic heterocycles. The van der Waals surface area contributed by atoms with Crippen LogP contribution in [0.4, 0.5) is 13.2 Å². The summed E-state index contributed by atoms with van der Waals surface area (Å²) < 4.78 is 38.5. The molecular weight excluding hydrogens is 267 g/mol. The Bertz CT molecular complexity index is 672. The fourth-order valence-electron chi connectivity index (χ4n) is 2.55. The van der Waals surface area contributed by atoms with Crippen LogP contribution < -0.4 is 0 Å². The molecule has 2 atom stereocenters. The van der Waals surface area contributed by atoms with Crippen molar-refractivity contribution >= 4 is 10.9 Å². The maximum absolute atomic E-state index is 12.5. The summed E-state index contributed by atoms with van der Waals surface area (Å²) in [6, 6.07) is 1.72. The van der Waals surface area contributed by atoms with Gasteiger partial charge in [0.25, 0.3) is 0 Å². The third kappa shape index (κ3) is 2.42. The summed E-state index contributed by atoms with van der Waals surface area (Å²) >= 11 is 0. The number of pyridine rings is 1. The smallest absolute Gasteiger partial charge is 0.260 e. The van der Waals surface area contributed by atoms with Gasteiger partial charge < -0.3 is 0 Å². The number of alkyl halides is 3. The summed E-state index contributed by atoms with van der Waals surface area (Å²) in [6.45, 7) is 4.81. The highest BCUT2D eigenvalue weighted by Crippen LogP contribution is 2.50. The standard InChI is InChI=1S/C14H14F3N3/c1-8(2)10-3-11(10)12-4-13-9(5-18-12)6-19-20(13)7-14(15,16)17/h4-6,10-11H,1,3,7H2,2H3/t10-,11+/m1/s1. The number of fused-ring (bicyclic) bond motifs is 1. The van der Waals surface area contributed by atoms with Crippen LogP contribution in [-0.4, -0.2) is 20.9 Å². The van der Waals surface area contributed by atoms with Gasteiger partial charge >= 0.3 is 6.18 Å². The van der Waals surface area contributed by atoms with E-state index >= 15 is 0 Å². The summed E-state index contributed by atoms with van der Waals surface area (Å²) in [6.07, 6.45) is -0.289. The van der Waals surface area contributed by atoms with E-state index < -0.39 is 12.7 Å². The lowest BCUT2D eigenvalue weighted by atomic mass is 10.1. The van der Waals surface area contributed by atoms with Crippen molar-refractivity contribution in [2.75, 3.05) is 0 Å². The number of hydrogen-bond acceptors (Lipinski definition) is 2. The van der Waals surface area contributed by atoms with Crippen molar-refractivity contribution in [3.8, 4) is 0 Å². The molecule has 2 aromatic heterocycles. The molecule has 0 amide bonds. The molecule has 0 radical (unpaired) electrons. The summed E-state index contributed by atoms with van der Waals surface area (Å²) in [5, 5.41) is 4.42. The highest BCUT2D eigenvalue weighted by Gasteiger charge is 2.40. The third-order valence-electron chi connectivity index (χ3n) is 3.68. The minimum absolute atomic E-state index is 0.283. The summed E-state index contributed by atoms with van der Waals surface area (Å²) in [4.78, 5) is 4.34. The van der Waals surface area contributed by atoms with E-state index in [0.717, 1.165) is 22.4 Å². The number of rotatable bonds is 3. The largest absolute Gasteiger partial charge is 0.408 e. The van der Waals surface area contributed by atoms with Gasteiger partial charge in [0.15, 0.2) is 0 Å². The molecule has 1 saturated carbocycles. The molecular formula is C14H14F3N3. The molecule has 3 rings (SSSR count). The first kappa shape index (κ1) is 13.1. The zero-order valence-corrected chi connectivity index (χ0v) is 11.0. The second-order valence-electron chi connectivity index (χ2n) is 5.38. The fourth-order valence-corrected chi connectivity index (χ4v) is 2.55. The van der Waals surface area contributed by atoms with E-state index in [1.807, 2.05) is 6.92 Å². The Balaban J connectivity index is 1.94. The fraction of sp³-hybridized carbons (Fsp3) is 0.429. The minimum Gasteiger partial charge on any atom is -0.260 e. The predicted octanol–water partition coefficient (Wildman–Crippen LogP) is 3.67. The first-order chi connectivity index (χ1) is 9.35. The van der Waals surface area contributed by atoms with E-state index in [1.54, 1.807) is 12.3 Å². The van der Waals surface area contributed by atoms with Crippen molar-refractivity contribution in [3.63, 3.8) is 0 Å². The molecule has 2 aromatic rings. The molecule has 6 heteroatoms. The average molecular weight is 281 g/mol. The van der Waals surface area contributed by atoms with Crippen molar-refractivity contribution in [3.05, 3.63) is 36.3 Å². The van der Waals surface area contributed by atoms with Gasteiger partial charge in [-0.3, -0.25) is 9.67 Å². The molecule has 0 aromatic carbocycles. The highest BCUT2D eigenvalue weighted by atomic mass is 19.4. The molecule has 0 unspecified atom stereocenters. The lowest BCUT2D eigenvalue weighted by molar-refractivity contribution is -0.141. The predicted molar refractivity (Wildman–Crippen MR) is 69.2 cm³/mol. The van der Waals surface area contributed by atoms with Gasteiger partial charge in [-0.25, -0.2) is 0 Å². The molecule has 20 heavy (non-hydrogen) atoms. The van der Waals surface area contributed by atoms with Gasteiger partial charge in [0.05, 0.1) is 11.7 Å². The first-order valence-electron chi connectivity index (χ1n) is 6.39. The van der Waals surface area contributed by atoms with Gasteiger partial charge in [-0.05, 0) is 25.3 Å². The Morgan fingerprint density at radius 3 is 2.80 bits per heavy atom. The van der Waals surface area contributed by atoms with Gasteiger partial charge in [-0.15, -0.1) is 0 Å². The summed E-state index contributed by atoms with van der Waals surface area (Å²) in [7, 11) is 0. The number of halogens is 3. The van der Waals surface area contributed by atoms with Crippen LogP contribution in [-0.2, 0) is 6.54 Å². The minimum atomic E-state index is -4.28. The van der Waals surface area contributed by atoms with Crippen LogP contribution >= 0.6 is 0 Å². The zero-order valence-electron chi connectivity index (χ0n) is 11.0. The van der Waals surface area contributed by atoms with E-state index in [1.165, 1.54) is 6.20 Å². The normalized spacial score (nSPS) is 22.2. The van der Waals surface area contributed by atoms with Crippen LogP contribution in [0, 0.1) is 5.92 Å².